The molecule has 21 heavy (non-hydrogen) atoms. The fourth-order valence-corrected chi connectivity index (χ4v) is 2.77. The summed E-state index contributed by atoms with van der Waals surface area (Å²) >= 11 is 11.7. The first-order valence-corrected chi connectivity index (χ1v) is 7.86. The monoisotopic (exact) mass is 330 g/mol. The van der Waals surface area contributed by atoms with Crippen molar-refractivity contribution >= 4 is 34.9 Å². The van der Waals surface area contributed by atoms with Crippen LogP contribution in [0.2, 0.25) is 10.0 Å². The van der Waals surface area contributed by atoms with Crippen LogP contribution < -0.4 is 10.6 Å². The Morgan fingerprint density at radius 2 is 2.00 bits per heavy atom. The van der Waals surface area contributed by atoms with Crippen LogP contribution >= 0.6 is 23.2 Å². The van der Waals surface area contributed by atoms with E-state index in [-0.39, 0.29) is 12.6 Å². The predicted molar refractivity (Wildman–Crippen MR) is 86.1 cm³/mol. The summed E-state index contributed by atoms with van der Waals surface area (Å²) in [7, 11) is 0. The van der Waals surface area contributed by atoms with Gasteiger partial charge in [0, 0.05) is 12.2 Å². The van der Waals surface area contributed by atoms with Gasteiger partial charge in [-0.1, -0.05) is 30.1 Å². The van der Waals surface area contributed by atoms with Crippen LogP contribution in [0.3, 0.4) is 0 Å². The molecule has 0 radical (unpaired) electrons. The standard InChI is InChI=1S/C15H20Cl2N2O2/c1-10-4-6-15(21,7-5-10)9-18-14(20)19-11-2-3-12(16)13(17)8-11/h2-3,8,10,21H,4-7,9H2,1H3,(H2,18,19,20). The lowest BCUT2D eigenvalue weighted by atomic mass is 9.79. The van der Waals surface area contributed by atoms with Crippen LogP contribution in [0, 0.1) is 5.92 Å². The van der Waals surface area contributed by atoms with Crippen molar-refractivity contribution in [3.05, 3.63) is 28.2 Å². The van der Waals surface area contributed by atoms with Gasteiger partial charge in [-0.15, -0.1) is 0 Å². The summed E-state index contributed by atoms with van der Waals surface area (Å²) in [5.41, 5.74) is -0.229. The van der Waals surface area contributed by atoms with Crippen molar-refractivity contribution in [2.75, 3.05) is 11.9 Å². The molecule has 3 N–H and O–H groups in total. The van der Waals surface area contributed by atoms with E-state index in [9.17, 15) is 9.90 Å². The molecule has 0 heterocycles. The summed E-state index contributed by atoms with van der Waals surface area (Å²) in [5.74, 6) is 0.648. The topological polar surface area (TPSA) is 61.4 Å². The molecule has 4 nitrogen and oxygen atoms in total. The number of hydrogen-bond acceptors (Lipinski definition) is 2. The Bertz CT molecular complexity index is 514. The second-order valence-electron chi connectivity index (χ2n) is 5.84. The molecule has 1 aromatic rings. The highest BCUT2D eigenvalue weighted by Gasteiger charge is 2.31. The minimum Gasteiger partial charge on any atom is -0.388 e. The molecule has 6 heteroatoms. The van der Waals surface area contributed by atoms with Crippen molar-refractivity contribution in [1.29, 1.82) is 0 Å². The third-order valence-corrected chi connectivity index (χ3v) is 4.70. The molecule has 0 bridgehead atoms. The molecule has 0 aromatic heterocycles. The zero-order valence-electron chi connectivity index (χ0n) is 12.0. The zero-order valence-corrected chi connectivity index (χ0v) is 13.5. The number of hydrogen-bond donors (Lipinski definition) is 3. The quantitative estimate of drug-likeness (QED) is 0.782. The van der Waals surface area contributed by atoms with Gasteiger partial charge >= 0.3 is 6.03 Å². The van der Waals surface area contributed by atoms with Crippen molar-refractivity contribution in [3.8, 4) is 0 Å². The molecule has 1 fully saturated rings. The number of amides is 2. The number of anilines is 1. The van der Waals surface area contributed by atoms with E-state index in [1.165, 1.54) is 0 Å². The van der Waals surface area contributed by atoms with E-state index in [1.807, 2.05) is 0 Å². The van der Waals surface area contributed by atoms with Gasteiger partial charge < -0.3 is 15.7 Å². The Morgan fingerprint density at radius 3 is 2.62 bits per heavy atom. The van der Waals surface area contributed by atoms with Crippen LogP contribution in [0.25, 0.3) is 0 Å². The van der Waals surface area contributed by atoms with Gasteiger partial charge in [-0.05, 0) is 49.8 Å². The van der Waals surface area contributed by atoms with Crippen LogP contribution in [0.5, 0.6) is 0 Å². The number of nitrogens with one attached hydrogen (secondary N) is 2. The van der Waals surface area contributed by atoms with E-state index in [1.54, 1.807) is 18.2 Å². The lowest BCUT2D eigenvalue weighted by Crippen LogP contribution is -2.46. The van der Waals surface area contributed by atoms with E-state index < -0.39 is 5.60 Å². The summed E-state index contributed by atoms with van der Waals surface area (Å²) in [6.45, 7) is 2.44. The van der Waals surface area contributed by atoms with Gasteiger partial charge in [0.25, 0.3) is 0 Å². The molecule has 116 valence electrons. The van der Waals surface area contributed by atoms with Gasteiger partial charge in [0.1, 0.15) is 0 Å². The maximum atomic E-state index is 11.8. The zero-order chi connectivity index (χ0) is 15.5. The third kappa shape index (κ3) is 4.77. The maximum absolute atomic E-state index is 11.8. The highest BCUT2D eigenvalue weighted by Crippen LogP contribution is 2.31. The summed E-state index contributed by atoms with van der Waals surface area (Å²) in [5, 5.41) is 16.6. The Labute approximate surface area is 134 Å². The number of aliphatic hydroxyl groups is 1. The Morgan fingerprint density at radius 1 is 1.33 bits per heavy atom. The van der Waals surface area contributed by atoms with E-state index >= 15 is 0 Å². The molecule has 2 rings (SSSR count). The van der Waals surface area contributed by atoms with Crippen molar-refractivity contribution in [2.24, 2.45) is 5.92 Å². The summed E-state index contributed by atoms with van der Waals surface area (Å²) in [6, 6.07) is 4.52. The average Bonchev–Trinajstić information content (AvgIpc) is 2.45. The summed E-state index contributed by atoms with van der Waals surface area (Å²) < 4.78 is 0. The molecule has 2 amide bonds. The van der Waals surface area contributed by atoms with Crippen LogP contribution in [-0.2, 0) is 0 Å². The summed E-state index contributed by atoms with van der Waals surface area (Å²) in [4.78, 5) is 11.8. The number of carbonyl (C=O) groups excluding carboxylic acids is 1. The third-order valence-electron chi connectivity index (χ3n) is 3.96. The molecule has 0 aliphatic heterocycles. The minimum atomic E-state index is -0.790. The van der Waals surface area contributed by atoms with Crippen LogP contribution in [-0.4, -0.2) is 23.3 Å². The lowest BCUT2D eigenvalue weighted by Gasteiger charge is -2.34. The van der Waals surface area contributed by atoms with Gasteiger partial charge in [0.05, 0.1) is 15.6 Å². The molecule has 0 spiro atoms. The largest absolute Gasteiger partial charge is 0.388 e. The van der Waals surface area contributed by atoms with Gasteiger partial charge in [0.2, 0.25) is 0 Å². The number of halogens is 2. The second kappa shape index (κ2) is 6.86. The Hall–Kier alpha value is -0.970. The lowest BCUT2D eigenvalue weighted by molar-refractivity contribution is -0.00356. The van der Waals surface area contributed by atoms with E-state index in [0.29, 0.717) is 21.7 Å². The fourth-order valence-electron chi connectivity index (χ4n) is 2.47. The molecule has 1 aliphatic rings. The average molecular weight is 331 g/mol. The maximum Gasteiger partial charge on any atom is 0.319 e. The molecule has 0 atom stereocenters. The molecule has 1 saturated carbocycles. The van der Waals surface area contributed by atoms with Gasteiger partial charge in [-0.3, -0.25) is 0 Å². The first-order chi connectivity index (χ1) is 9.88. The number of benzene rings is 1. The normalized spacial score (nSPS) is 25.4. The molecule has 0 unspecified atom stereocenters. The number of carbonyl (C=O) groups is 1. The van der Waals surface area contributed by atoms with E-state index in [4.69, 9.17) is 23.2 Å². The second-order valence-corrected chi connectivity index (χ2v) is 6.66. The van der Waals surface area contributed by atoms with Crippen LogP contribution in [0.4, 0.5) is 10.5 Å². The molecular weight excluding hydrogens is 311 g/mol. The Balaban J connectivity index is 1.83. The SMILES string of the molecule is CC1CCC(O)(CNC(=O)Nc2ccc(Cl)c(Cl)c2)CC1. The smallest absolute Gasteiger partial charge is 0.319 e. The highest BCUT2D eigenvalue weighted by molar-refractivity contribution is 6.42. The van der Waals surface area contributed by atoms with Gasteiger partial charge in [-0.2, -0.15) is 0 Å². The van der Waals surface area contributed by atoms with Gasteiger partial charge in [-0.25, -0.2) is 4.79 Å². The van der Waals surface area contributed by atoms with Crippen molar-refractivity contribution in [3.63, 3.8) is 0 Å². The molecule has 0 saturated heterocycles. The van der Waals surface area contributed by atoms with Crippen LogP contribution in [0.15, 0.2) is 18.2 Å². The van der Waals surface area contributed by atoms with Crippen molar-refractivity contribution in [2.45, 2.75) is 38.2 Å². The highest BCUT2D eigenvalue weighted by atomic mass is 35.5. The first kappa shape index (κ1) is 16.4. The van der Waals surface area contributed by atoms with Crippen molar-refractivity contribution in [1.82, 2.24) is 5.32 Å². The number of rotatable bonds is 3. The molecular formula is C15H20Cl2N2O2. The van der Waals surface area contributed by atoms with E-state index in [0.717, 1.165) is 25.7 Å². The Kier molecular flexibility index (Phi) is 5.36. The van der Waals surface area contributed by atoms with Crippen molar-refractivity contribution < 1.29 is 9.90 Å². The minimum absolute atomic E-state index is 0.257. The number of urea groups is 1. The first-order valence-electron chi connectivity index (χ1n) is 7.10. The summed E-state index contributed by atoms with van der Waals surface area (Å²) in [6.07, 6.45) is 3.43. The predicted octanol–water partition coefficient (Wildman–Crippen LogP) is 4.06. The fraction of sp³-hybridized carbons (Fsp3) is 0.533. The van der Waals surface area contributed by atoms with Crippen LogP contribution in [0.1, 0.15) is 32.6 Å². The van der Waals surface area contributed by atoms with Gasteiger partial charge in [0.15, 0.2) is 0 Å². The molecule has 1 aromatic carbocycles. The molecule has 1 aliphatic carbocycles. The van der Waals surface area contributed by atoms with E-state index in [2.05, 4.69) is 17.6 Å².